The molecule has 2 N–H and O–H groups in total. The lowest BCUT2D eigenvalue weighted by atomic mass is 10.3. The SMILES string of the molecule is O=S(=O)(O)c1c(O)cccc1Br. The average molecular weight is 253 g/mol. The van der Waals surface area contributed by atoms with E-state index in [9.17, 15) is 8.42 Å². The molecule has 0 saturated carbocycles. The molecule has 0 radical (unpaired) electrons. The number of halogens is 1. The minimum absolute atomic E-state index is 0.130. The molecule has 0 aliphatic rings. The molecule has 0 aliphatic heterocycles. The van der Waals surface area contributed by atoms with E-state index >= 15 is 0 Å². The third-order valence-corrected chi connectivity index (χ3v) is 3.07. The van der Waals surface area contributed by atoms with Crippen molar-refractivity contribution >= 4 is 26.0 Å². The molecular formula is C6H5BrO4S. The van der Waals surface area contributed by atoms with Gasteiger partial charge in [0.05, 0.1) is 0 Å². The van der Waals surface area contributed by atoms with Crippen LogP contribution in [0.5, 0.6) is 5.75 Å². The van der Waals surface area contributed by atoms with Gasteiger partial charge in [-0.25, -0.2) is 0 Å². The van der Waals surface area contributed by atoms with Gasteiger partial charge in [-0.2, -0.15) is 8.42 Å². The van der Waals surface area contributed by atoms with Crippen molar-refractivity contribution in [2.75, 3.05) is 0 Å². The van der Waals surface area contributed by atoms with Crippen LogP contribution in [0.25, 0.3) is 0 Å². The topological polar surface area (TPSA) is 74.6 Å². The van der Waals surface area contributed by atoms with E-state index in [1.165, 1.54) is 18.2 Å². The van der Waals surface area contributed by atoms with Crippen LogP contribution in [0.1, 0.15) is 0 Å². The summed E-state index contributed by atoms with van der Waals surface area (Å²) < 4.78 is 30.0. The summed E-state index contributed by atoms with van der Waals surface area (Å²) in [5.41, 5.74) is 0. The Labute approximate surface area is 77.7 Å². The molecule has 1 rings (SSSR count). The van der Waals surface area contributed by atoms with Crippen molar-refractivity contribution in [2.45, 2.75) is 4.90 Å². The van der Waals surface area contributed by atoms with Crippen LogP contribution in [0.4, 0.5) is 0 Å². The van der Waals surface area contributed by atoms with Crippen LogP contribution < -0.4 is 0 Å². The van der Waals surface area contributed by atoms with Crippen LogP contribution in [0.3, 0.4) is 0 Å². The third kappa shape index (κ3) is 1.77. The summed E-state index contributed by atoms with van der Waals surface area (Å²) >= 11 is 2.88. The lowest BCUT2D eigenvalue weighted by Gasteiger charge is -2.01. The van der Waals surface area contributed by atoms with Crippen LogP contribution in [-0.4, -0.2) is 18.1 Å². The Balaban J connectivity index is 3.53. The molecule has 0 bridgehead atoms. The van der Waals surface area contributed by atoms with E-state index in [1.807, 2.05) is 0 Å². The summed E-state index contributed by atoms with van der Waals surface area (Å²) in [7, 11) is -4.36. The van der Waals surface area contributed by atoms with Gasteiger partial charge in [-0.05, 0) is 28.1 Å². The number of aromatic hydroxyl groups is 1. The number of rotatable bonds is 1. The fourth-order valence-corrected chi connectivity index (χ4v) is 2.37. The summed E-state index contributed by atoms with van der Waals surface area (Å²) in [5.74, 6) is -0.480. The maximum absolute atomic E-state index is 10.6. The summed E-state index contributed by atoms with van der Waals surface area (Å²) in [4.78, 5) is -0.509. The Bertz CT molecular complexity index is 378. The molecule has 0 unspecified atom stereocenters. The first kappa shape index (κ1) is 9.50. The van der Waals surface area contributed by atoms with Gasteiger partial charge in [-0.1, -0.05) is 6.07 Å². The Morgan fingerprint density at radius 2 is 1.92 bits per heavy atom. The van der Waals surface area contributed by atoms with Crippen molar-refractivity contribution < 1.29 is 18.1 Å². The standard InChI is InChI=1S/C6H5BrO4S/c7-4-2-1-3-5(8)6(4)12(9,10)11/h1-3,8H,(H,9,10,11). The fourth-order valence-electron chi connectivity index (χ4n) is 0.753. The minimum Gasteiger partial charge on any atom is -0.506 e. The zero-order valence-electron chi connectivity index (χ0n) is 5.73. The predicted molar refractivity (Wildman–Crippen MR) is 45.6 cm³/mol. The van der Waals surface area contributed by atoms with E-state index in [1.54, 1.807) is 0 Å². The molecule has 0 aliphatic carbocycles. The van der Waals surface area contributed by atoms with Crippen molar-refractivity contribution in [3.05, 3.63) is 22.7 Å². The molecule has 0 fully saturated rings. The largest absolute Gasteiger partial charge is 0.506 e. The zero-order chi connectivity index (χ0) is 9.35. The highest BCUT2D eigenvalue weighted by Crippen LogP contribution is 2.29. The number of hydrogen-bond donors (Lipinski definition) is 2. The van der Waals surface area contributed by atoms with Gasteiger partial charge in [0.15, 0.2) is 0 Å². The number of phenolic OH excluding ortho intramolecular Hbond substituents is 1. The van der Waals surface area contributed by atoms with Gasteiger partial charge in [-0.3, -0.25) is 4.55 Å². The van der Waals surface area contributed by atoms with Gasteiger partial charge in [0.1, 0.15) is 10.6 Å². The first-order chi connectivity index (χ1) is 5.43. The highest BCUT2D eigenvalue weighted by molar-refractivity contribution is 9.10. The van der Waals surface area contributed by atoms with E-state index in [0.29, 0.717) is 0 Å². The average Bonchev–Trinajstić information content (AvgIpc) is 1.82. The van der Waals surface area contributed by atoms with Gasteiger partial charge in [0.25, 0.3) is 10.1 Å². The molecule has 6 heteroatoms. The van der Waals surface area contributed by atoms with Gasteiger partial charge < -0.3 is 5.11 Å². The first-order valence-corrected chi connectivity index (χ1v) is 5.11. The van der Waals surface area contributed by atoms with Crippen molar-refractivity contribution in [1.29, 1.82) is 0 Å². The molecule has 4 nitrogen and oxygen atoms in total. The lowest BCUT2D eigenvalue weighted by Crippen LogP contribution is -1.99. The normalized spacial score (nSPS) is 11.5. The minimum atomic E-state index is -4.36. The van der Waals surface area contributed by atoms with E-state index in [2.05, 4.69) is 15.9 Å². The van der Waals surface area contributed by atoms with Gasteiger partial charge >= 0.3 is 0 Å². The summed E-state index contributed by atoms with van der Waals surface area (Å²) in [6, 6.07) is 4.03. The van der Waals surface area contributed by atoms with Crippen LogP contribution in [0.2, 0.25) is 0 Å². The number of phenols is 1. The second-order valence-electron chi connectivity index (χ2n) is 2.06. The molecule has 1 aromatic carbocycles. The Hall–Kier alpha value is -0.590. The maximum Gasteiger partial charge on any atom is 0.299 e. The smallest absolute Gasteiger partial charge is 0.299 e. The van der Waals surface area contributed by atoms with Gasteiger partial charge in [0.2, 0.25) is 0 Å². The Morgan fingerprint density at radius 1 is 1.33 bits per heavy atom. The molecule has 0 heterocycles. The van der Waals surface area contributed by atoms with E-state index in [4.69, 9.17) is 9.66 Å². The van der Waals surface area contributed by atoms with Crippen LogP contribution in [-0.2, 0) is 10.1 Å². The van der Waals surface area contributed by atoms with Crippen molar-refractivity contribution in [3.63, 3.8) is 0 Å². The van der Waals surface area contributed by atoms with E-state index < -0.39 is 20.8 Å². The molecule has 0 saturated heterocycles. The number of hydrogen-bond acceptors (Lipinski definition) is 3. The van der Waals surface area contributed by atoms with Gasteiger partial charge in [-0.15, -0.1) is 0 Å². The van der Waals surface area contributed by atoms with Crippen molar-refractivity contribution in [1.82, 2.24) is 0 Å². The predicted octanol–water partition coefficient (Wildman–Crippen LogP) is 1.40. The van der Waals surface area contributed by atoms with E-state index in [0.717, 1.165) is 0 Å². The van der Waals surface area contributed by atoms with Crippen molar-refractivity contribution in [2.24, 2.45) is 0 Å². The monoisotopic (exact) mass is 252 g/mol. The van der Waals surface area contributed by atoms with E-state index in [-0.39, 0.29) is 4.47 Å². The summed E-state index contributed by atoms with van der Waals surface area (Å²) in [6.45, 7) is 0. The van der Waals surface area contributed by atoms with Crippen LogP contribution in [0, 0.1) is 0 Å². The second kappa shape index (κ2) is 3.04. The molecule has 0 aromatic heterocycles. The third-order valence-electron chi connectivity index (χ3n) is 1.20. The Morgan fingerprint density at radius 3 is 2.25 bits per heavy atom. The number of benzene rings is 1. The van der Waals surface area contributed by atoms with Gasteiger partial charge in [0, 0.05) is 4.47 Å². The molecule has 66 valence electrons. The maximum atomic E-state index is 10.6. The molecule has 12 heavy (non-hydrogen) atoms. The fraction of sp³-hybridized carbons (Fsp3) is 0. The highest BCUT2D eigenvalue weighted by atomic mass is 79.9. The summed E-state index contributed by atoms with van der Waals surface area (Å²) in [6.07, 6.45) is 0. The molecule has 0 atom stereocenters. The molecule has 0 spiro atoms. The Kier molecular flexibility index (Phi) is 2.41. The summed E-state index contributed by atoms with van der Waals surface area (Å²) in [5, 5.41) is 9.06. The van der Waals surface area contributed by atoms with Crippen LogP contribution >= 0.6 is 15.9 Å². The molecular weight excluding hydrogens is 248 g/mol. The first-order valence-electron chi connectivity index (χ1n) is 2.88. The highest BCUT2D eigenvalue weighted by Gasteiger charge is 2.18. The second-order valence-corrected chi connectivity index (χ2v) is 4.28. The molecule has 0 amide bonds. The quantitative estimate of drug-likeness (QED) is 0.742. The lowest BCUT2D eigenvalue weighted by molar-refractivity contribution is 0.442. The van der Waals surface area contributed by atoms with Crippen LogP contribution in [0.15, 0.2) is 27.6 Å². The zero-order valence-corrected chi connectivity index (χ0v) is 8.13. The molecule has 1 aromatic rings. The van der Waals surface area contributed by atoms with Crippen molar-refractivity contribution in [3.8, 4) is 5.75 Å².